The zero-order valence-corrected chi connectivity index (χ0v) is 15.1. The summed E-state index contributed by atoms with van der Waals surface area (Å²) in [6.45, 7) is 7.26. The molecule has 1 fully saturated rings. The van der Waals surface area contributed by atoms with Gasteiger partial charge in [-0.05, 0) is 27.2 Å². The molecule has 0 spiro atoms. The molecule has 0 bridgehead atoms. The van der Waals surface area contributed by atoms with Crippen LogP contribution in [0.15, 0.2) is 35.7 Å². The normalized spacial score (nSPS) is 17.8. The van der Waals surface area contributed by atoms with Gasteiger partial charge < -0.3 is 15.0 Å². The third kappa shape index (κ3) is 4.26. The van der Waals surface area contributed by atoms with Gasteiger partial charge in [0, 0.05) is 24.0 Å². The van der Waals surface area contributed by atoms with Crippen LogP contribution < -0.4 is 10.2 Å². The minimum absolute atomic E-state index is 0.101. The van der Waals surface area contributed by atoms with E-state index in [1.165, 1.54) is 0 Å². The molecule has 0 radical (unpaired) electrons. The average molecular weight is 345 g/mol. The Kier molecular flexibility index (Phi) is 4.76. The van der Waals surface area contributed by atoms with Crippen molar-refractivity contribution in [3.8, 4) is 11.3 Å². The third-order valence-corrected chi connectivity index (χ3v) is 4.64. The van der Waals surface area contributed by atoms with E-state index in [9.17, 15) is 4.79 Å². The predicted octanol–water partition coefficient (Wildman–Crippen LogP) is 3.91. The van der Waals surface area contributed by atoms with E-state index in [1.807, 2.05) is 39.0 Å². The van der Waals surface area contributed by atoms with Crippen LogP contribution in [0, 0.1) is 0 Å². The molecule has 0 unspecified atom stereocenters. The molecular weight excluding hydrogens is 322 g/mol. The van der Waals surface area contributed by atoms with Crippen LogP contribution in [0.4, 0.5) is 9.93 Å². The number of rotatable bonds is 3. The minimum Gasteiger partial charge on any atom is -0.444 e. The Balaban J connectivity index is 1.58. The van der Waals surface area contributed by atoms with Crippen molar-refractivity contribution in [2.24, 2.45) is 0 Å². The van der Waals surface area contributed by atoms with E-state index in [0.717, 1.165) is 35.9 Å². The number of hydrogen-bond donors (Lipinski definition) is 1. The molecule has 1 aromatic carbocycles. The summed E-state index contributed by atoms with van der Waals surface area (Å²) < 4.78 is 5.32. The van der Waals surface area contributed by atoms with E-state index in [0.29, 0.717) is 0 Å². The molecule has 1 aliphatic rings. The summed E-state index contributed by atoms with van der Waals surface area (Å²) in [6.07, 6.45) is 0.554. The van der Waals surface area contributed by atoms with Crippen LogP contribution in [0.25, 0.3) is 11.3 Å². The molecule has 1 atom stereocenters. The van der Waals surface area contributed by atoms with Crippen molar-refractivity contribution >= 4 is 22.6 Å². The van der Waals surface area contributed by atoms with E-state index < -0.39 is 5.60 Å². The number of nitrogens with one attached hydrogen (secondary N) is 1. The molecule has 2 aromatic rings. The Morgan fingerprint density at radius 2 is 2.08 bits per heavy atom. The maximum Gasteiger partial charge on any atom is 0.407 e. The number of ether oxygens (including phenoxy) is 1. The first-order chi connectivity index (χ1) is 11.4. The molecule has 24 heavy (non-hydrogen) atoms. The molecule has 1 amide bonds. The monoisotopic (exact) mass is 345 g/mol. The lowest BCUT2D eigenvalue weighted by Crippen LogP contribution is -2.40. The summed E-state index contributed by atoms with van der Waals surface area (Å²) in [4.78, 5) is 18.8. The van der Waals surface area contributed by atoms with Crippen LogP contribution in [-0.2, 0) is 4.74 Å². The van der Waals surface area contributed by atoms with Gasteiger partial charge in [0.1, 0.15) is 5.60 Å². The van der Waals surface area contributed by atoms with Crippen LogP contribution in [0.1, 0.15) is 27.2 Å². The first-order valence-corrected chi connectivity index (χ1v) is 9.04. The van der Waals surface area contributed by atoms with Gasteiger partial charge in [-0.25, -0.2) is 9.78 Å². The lowest BCUT2D eigenvalue weighted by molar-refractivity contribution is 0.0509. The summed E-state index contributed by atoms with van der Waals surface area (Å²) in [7, 11) is 0. The molecule has 3 rings (SSSR count). The first-order valence-electron chi connectivity index (χ1n) is 8.16. The summed E-state index contributed by atoms with van der Waals surface area (Å²) in [5.74, 6) is 0. The Bertz CT molecular complexity index is 694. The number of carbonyl (C=O) groups is 1. The largest absolute Gasteiger partial charge is 0.444 e. The zero-order chi connectivity index (χ0) is 17.2. The Labute approximate surface area is 146 Å². The van der Waals surface area contributed by atoms with Crippen LogP contribution >= 0.6 is 11.3 Å². The van der Waals surface area contributed by atoms with Crippen molar-refractivity contribution < 1.29 is 9.53 Å². The van der Waals surface area contributed by atoms with E-state index >= 15 is 0 Å². The van der Waals surface area contributed by atoms with Gasteiger partial charge in [-0.3, -0.25) is 0 Å². The van der Waals surface area contributed by atoms with Crippen LogP contribution in [0.2, 0.25) is 0 Å². The molecule has 1 aromatic heterocycles. The number of thiazole rings is 1. The van der Waals surface area contributed by atoms with E-state index in [4.69, 9.17) is 9.72 Å². The molecule has 1 aliphatic heterocycles. The van der Waals surface area contributed by atoms with Gasteiger partial charge in [0.15, 0.2) is 5.13 Å². The zero-order valence-electron chi connectivity index (χ0n) is 14.3. The van der Waals surface area contributed by atoms with Crippen molar-refractivity contribution in [3.63, 3.8) is 0 Å². The maximum absolute atomic E-state index is 11.9. The number of amides is 1. The van der Waals surface area contributed by atoms with Crippen molar-refractivity contribution in [2.75, 3.05) is 18.0 Å². The second-order valence-electron chi connectivity index (χ2n) is 6.96. The SMILES string of the molecule is CC(C)(C)OC(=O)N[C@H]1CCN(c2nc(-c3ccccc3)cs2)C1. The Morgan fingerprint density at radius 1 is 1.33 bits per heavy atom. The van der Waals surface area contributed by atoms with Gasteiger partial charge in [-0.2, -0.15) is 0 Å². The van der Waals surface area contributed by atoms with Crippen LogP contribution in [0.3, 0.4) is 0 Å². The minimum atomic E-state index is -0.470. The van der Waals surface area contributed by atoms with Gasteiger partial charge in [0.25, 0.3) is 0 Å². The quantitative estimate of drug-likeness (QED) is 0.916. The van der Waals surface area contributed by atoms with Gasteiger partial charge in [-0.1, -0.05) is 30.3 Å². The Morgan fingerprint density at radius 3 is 2.79 bits per heavy atom. The highest BCUT2D eigenvalue weighted by molar-refractivity contribution is 7.14. The Hall–Kier alpha value is -2.08. The number of carbonyl (C=O) groups excluding carboxylic acids is 1. The van der Waals surface area contributed by atoms with Crippen LogP contribution in [-0.4, -0.2) is 35.8 Å². The highest BCUT2D eigenvalue weighted by Gasteiger charge is 2.27. The van der Waals surface area contributed by atoms with Crippen LogP contribution in [0.5, 0.6) is 0 Å². The maximum atomic E-state index is 11.9. The highest BCUT2D eigenvalue weighted by Crippen LogP contribution is 2.29. The number of aromatic nitrogens is 1. The van der Waals surface area contributed by atoms with E-state index in [-0.39, 0.29) is 12.1 Å². The van der Waals surface area contributed by atoms with E-state index in [1.54, 1.807) is 11.3 Å². The molecule has 128 valence electrons. The summed E-state index contributed by atoms with van der Waals surface area (Å²) >= 11 is 1.64. The van der Waals surface area contributed by atoms with Gasteiger partial charge in [0.2, 0.25) is 0 Å². The summed E-state index contributed by atoms with van der Waals surface area (Å²) in [6, 6.07) is 10.3. The smallest absolute Gasteiger partial charge is 0.407 e. The second-order valence-corrected chi connectivity index (χ2v) is 7.80. The standard InChI is InChI=1S/C18H23N3O2S/c1-18(2,3)23-17(22)19-14-9-10-21(11-14)16-20-15(12-24-16)13-7-5-4-6-8-13/h4-8,12,14H,9-11H2,1-3H3,(H,19,22)/t14-/m0/s1. The van der Waals surface area contributed by atoms with Crippen molar-refractivity contribution in [1.82, 2.24) is 10.3 Å². The fourth-order valence-corrected chi connectivity index (χ4v) is 3.55. The first kappa shape index (κ1) is 16.8. The lowest BCUT2D eigenvalue weighted by Gasteiger charge is -2.22. The molecule has 0 aliphatic carbocycles. The molecule has 2 heterocycles. The summed E-state index contributed by atoms with van der Waals surface area (Å²) in [5, 5.41) is 6.03. The molecule has 5 nitrogen and oxygen atoms in total. The van der Waals surface area contributed by atoms with Gasteiger partial charge in [-0.15, -0.1) is 11.3 Å². The number of anilines is 1. The number of nitrogens with zero attached hydrogens (tertiary/aromatic N) is 2. The van der Waals surface area contributed by atoms with Gasteiger partial charge in [0.05, 0.1) is 11.7 Å². The fourth-order valence-electron chi connectivity index (χ4n) is 2.68. The topological polar surface area (TPSA) is 54.5 Å². The molecular formula is C18H23N3O2S. The third-order valence-electron chi connectivity index (χ3n) is 3.74. The molecule has 0 saturated carbocycles. The molecule has 1 N–H and O–H groups in total. The number of alkyl carbamates (subject to hydrolysis) is 1. The average Bonchev–Trinajstić information content (AvgIpc) is 3.15. The van der Waals surface area contributed by atoms with Gasteiger partial charge >= 0.3 is 6.09 Å². The van der Waals surface area contributed by atoms with Crippen molar-refractivity contribution in [1.29, 1.82) is 0 Å². The second kappa shape index (κ2) is 6.81. The predicted molar refractivity (Wildman–Crippen MR) is 97.5 cm³/mol. The molecule has 6 heteroatoms. The molecule has 1 saturated heterocycles. The summed E-state index contributed by atoms with van der Waals surface area (Å²) in [5.41, 5.74) is 1.66. The fraction of sp³-hybridized carbons (Fsp3) is 0.444. The highest BCUT2D eigenvalue weighted by atomic mass is 32.1. The van der Waals surface area contributed by atoms with E-state index in [2.05, 4.69) is 27.7 Å². The van der Waals surface area contributed by atoms with Crippen molar-refractivity contribution in [2.45, 2.75) is 38.8 Å². The number of hydrogen-bond acceptors (Lipinski definition) is 5. The van der Waals surface area contributed by atoms with Crippen molar-refractivity contribution in [3.05, 3.63) is 35.7 Å². The lowest BCUT2D eigenvalue weighted by atomic mass is 10.2. The number of benzene rings is 1.